The number of hydrogen-bond acceptors (Lipinski definition) is 3. The van der Waals surface area contributed by atoms with Gasteiger partial charge in [-0.3, -0.25) is 9.59 Å². The molecular weight excluding hydrogens is 242 g/mol. The molecule has 0 radical (unpaired) electrons. The molecule has 2 amide bonds. The Labute approximate surface area is 104 Å². The van der Waals surface area contributed by atoms with Crippen LogP contribution in [0.2, 0.25) is 5.02 Å². The largest absolute Gasteiger partial charge is 0.399 e. The highest BCUT2D eigenvalue weighted by Gasteiger charge is 2.10. The second kappa shape index (κ2) is 6.10. The van der Waals surface area contributed by atoms with Crippen molar-refractivity contribution in [3.05, 3.63) is 28.8 Å². The molecule has 0 fully saturated rings. The highest BCUT2D eigenvalue weighted by Crippen LogP contribution is 2.18. The maximum atomic E-state index is 11.7. The predicted octanol–water partition coefficient (Wildman–Crippen LogP) is 0.788. The first kappa shape index (κ1) is 13.3. The number of nitrogen functional groups attached to an aromatic ring is 1. The van der Waals surface area contributed by atoms with E-state index in [0.29, 0.717) is 16.3 Å². The van der Waals surface area contributed by atoms with Gasteiger partial charge in [-0.2, -0.15) is 0 Å². The lowest BCUT2D eigenvalue weighted by molar-refractivity contribution is -0.120. The highest BCUT2D eigenvalue weighted by molar-refractivity contribution is 6.34. The Morgan fingerprint density at radius 1 is 1.41 bits per heavy atom. The molecule has 0 aliphatic rings. The molecule has 17 heavy (non-hydrogen) atoms. The van der Waals surface area contributed by atoms with Crippen molar-refractivity contribution in [3.8, 4) is 0 Å². The van der Waals surface area contributed by atoms with Crippen LogP contribution in [0.3, 0.4) is 0 Å². The SMILES string of the molecule is CNC(=O)CCNC(=O)c1cc(N)ccc1Cl. The van der Waals surface area contributed by atoms with Crippen molar-refractivity contribution in [1.82, 2.24) is 10.6 Å². The van der Waals surface area contributed by atoms with E-state index in [2.05, 4.69) is 10.6 Å². The van der Waals surface area contributed by atoms with E-state index in [-0.39, 0.29) is 24.8 Å². The first-order chi connectivity index (χ1) is 8.04. The number of hydrogen-bond donors (Lipinski definition) is 3. The van der Waals surface area contributed by atoms with E-state index in [1.165, 1.54) is 6.07 Å². The standard InChI is InChI=1S/C11H14ClN3O2/c1-14-10(16)4-5-15-11(17)8-6-7(13)2-3-9(8)12/h2-3,6H,4-5,13H2,1H3,(H,14,16)(H,15,17). The highest BCUT2D eigenvalue weighted by atomic mass is 35.5. The molecular formula is C11H14ClN3O2. The molecule has 0 unspecified atom stereocenters. The van der Waals surface area contributed by atoms with Gasteiger partial charge in [-0.25, -0.2) is 0 Å². The zero-order valence-corrected chi connectivity index (χ0v) is 10.2. The van der Waals surface area contributed by atoms with E-state index in [4.69, 9.17) is 17.3 Å². The summed E-state index contributed by atoms with van der Waals surface area (Å²) in [4.78, 5) is 22.6. The van der Waals surface area contributed by atoms with Crippen LogP contribution >= 0.6 is 11.6 Å². The molecule has 0 heterocycles. The van der Waals surface area contributed by atoms with Gasteiger partial charge in [0.15, 0.2) is 0 Å². The first-order valence-corrected chi connectivity index (χ1v) is 5.46. The van der Waals surface area contributed by atoms with Gasteiger partial charge >= 0.3 is 0 Å². The fraction of sp³-hybridized carbons (Fsp3) is 0.273. The summed E-state index contributed by atoms with van der Waals surface area (Å²) in [7, 11) is 1.54. The van der Waals surface area contributed by atoms with Gasteiger partial charge in [-0.1, -0.05) is 11.6 Å². The van der Waals surface area contributed by atoms with Crippen LogP contribution in [0.1, 0.15) is 16.8 Å². The zero-order chi connectivity index (χ0) is 12.8. The van der Waals surface area contributed by atoms with Gasteiger partial charge < -0.3 is 16.4 Å². The van der Waals surface area contributed by atoms with Gasteiger partial charge in [0.1, 0.15) is 0 Å². The molecule has 0 bridgehead atoms. The third-order valence-electron chi connectivity index (χ3n) is 2.15. The number of nitrogens with two attached hydrogens (primary N) is 1. The number of nitrogens with one attached hydrogen (secondary N) is 2. The number of rotatable bonds is 4. The number of halogens is 1. The summed E-state index contributed by atoms with van der Waals surface area (Å²) in [6.45, 7) is 0.254. The molecule has 4 N–H and O–H groups in total. The number of carbonyl (C=O) groups excluding carboxylic acids is 2. The lowest BCUT2D eigenvalue weighted by atomic mass is 10.2. The first-order valence-electron chi connectivity index (χ1n) is 5.08. The Hall–Kier alpha value is -1.75. The average Bonchev–Trinajstić information content (AvgIpc) is 2.31. The Kier molecular flexibility index (Phi) is 4.78. The van der Waals surface area contributed by atoms with Crippen LogP contribution in [-0.2, 0) is 4.79 Å². The summed E-state index contributed by atoms with van der Waals surface area (Å²) in [5.74, 6) is -0.477. The van der Waals surface area contributed by atoms with Crippen LogP contribution < -0.4 is 16.4 Å². The zero-order valence-electron chi connectivity index (χ0n) is 9.42. The molecule has 1 aromatic carbocycles. The summed E-state index contributed by atoms with van der Waals surface area (Å²) in [6.07, 6.45) is 0.224. The second-order valence-electron chi connectivity index (χ2n) is 3.42. The molecule has 6 heteroatoms. The van der Waals surface area contributed by atoms with Crippen molar-refractivity contribution in [2.75, 3.05) is 19.3 Å². The minimum Gasteiger partial charge on any atom is -0.399 e. The van der Waals surface area contributed by atoms with Crippen molar-refractivity contribution in [2.24, 2.45) is 0 Å². The smallest absolute Gasteiger partial charge is 0.252 e. The molecule has 92 valence electrons. The number of carbonyl (C=O) groups is 2. The summed E-state index contributed by atoms with van der Waals surface area (Å²) in [5.41, 5.74) is 6.33. The maximum absolute atomic E-state index is 11.7. The van der Waals surface area contributed by atoms with Crippen LogP contribution in [0.25, 0.3) is 0 Å². The quantitative estimate of drug-likeness (QED) is 0.696. The third kappa shape index (κ3) is 3.96. The monoisotopic (exact) mass is 255 g/mol. The van der Waals surface area contributed by atoms with Gasteiger partial charge in [-0.15, -0.1) is 0 Å². The Balaban J connectivity index is 2.58. The van der Waals surface area contributed by atoms with Gasteiger partial charge in [-0.05, 0) is 18.2 Å². The maximum Gasteiger partial charge on any atom is 0.252 e. The number of benzene rings is 1. The van der Waals surface area contributed by atoms with Crippen LogP contribution in [0.15, 0.2) is 18.2 Å². The number of anilines is 1. The van der Waals surface area contributed by atoms with E-state index in [0.717, 1.165) is 0 Å². The summed E-state index contributed by atoms with van der Waals surface area (Å²) in [6, 6.07) is 4.67. The lowest BCUT2D eigenvalue weighted by Gasteiger charge is -2.07. The van der Waals surface area contributed by atoms with E-state index < -0.39 is 0 Å². The van der Waals surface area contributed by atoms with Crippen molar-refractivity contribution in [1.29, 1.82) is 0 Å². The predicted molar refractivity (Wildman–Crippen MR) is 66.9 cm³/mol. The van der Waals surface area contributed by atoms with Crippen molar-refractivity contribution in [2.45, 2.75) is 6.42 Å². The van der Waals surface area contributed by atoms with Crippen LogP contribution in [0, 0.1) is 0 Å². The molecule has 0 saturated carbocycles. The summed E-state index contributed by atoms with van der Waals surface area (Å²) >= 11 is 5.86. The molecule has 0 spiro atoms. The number of amides is 2. The fourth-order valence-electron chi connectivity index (χ4n) is 1.23. The molecule has 0 atom stereocenters. The van der Waals surface area contributed by atoms with Gasteiger partial charge in [0.2, 0.25) is 5.91 Å². The minimum absolute atomic E-state index is 0.135. The lowest BCUT2D eigenvalue weighted by Crippen LogP contribution is -2.29. The van der Waals surface area contributed by atoms with Gasteiger partial charge in [0, 0.05) is 25.7 Å². The van der Waals surface area contributed by atoms with Gasteiger partial charge in [0.05, 0.1) is 10.6 Å². The van der Waals surface area contributed by atoms with Crippen molar-refractivity contribution >= 4 is 29.1 Å². The van der Waals surface area contributed by atoms with Crippen molar-refractivity contribution < 1.29 is 9.59 Å². The van der Waals surface area contributed by atoms with E-state index in [1.54, 1.807) is 19.2 Å². The fourth-order valence-corrected chi connectivity index (χ4v) is 1.43. The van der Waals surface area contributed by atoms with E-state index >= 15 is 0 Å². The molecule has 0 aliphatic heterocycles. The average molecular weight is 256 g/mol. The van der Waals surface area contributed by atoms with Crippen LogP contribution in [0.5, 0.6) is 0 Å². The Bertz CT molecular complexity index is 435. The molecule has 0 aliphatic carbocycles. The van der Waals surface area contributed by atoms with Crippen LogP contribution in [0.4, 0.5) is 5.69 Å². The Morgan fingerprint density at radius 3 is 2.76 bits per heavy atom. The third-order valence-corrected chi connectivity index (χ3v) is 2.48. The van der Waals surface area contributed by atoms with Crippen LogP contribution in [-0.4, -0.2) is 25.4 Å². The second-order valence-corrected chi connectivity index (χ2v) is 3.83. The van der Waals surface area contributed by atoms with Crippen molar-refractivity contribution in [3.63, 3.8) is 0 Å². The Morgan fingerprint density at radius 2 is 2.12 bits per heavy atom. The molecule has 1 aromatic rings. The molecule has 0 saturated heterocycles. The summed E-state index contributed by atoms with van der Waals surface area (Å²) in [5, 5.41) is 5.39. The van der Waals surface area contributed by atoms with E-state index in [1.807, 2.05) is 0 Å². The molecule has 0 aromatic heterocycles. The van der Waals surface area contributed by atoms with E-state index in [9.17, 15) is 9.59 Å². The molecule has 5 nitrogen and oxygen atoms in total. The topological polar surface area (TPSA) is 84.2 Å². The van der Waals surface area contributed by atoms with Gasteiger partial charge in [0.25, 0.3) is 5.91 Å². The summed E-state index contributed by atoms with van der Waals surface area (Å²) < 4.78 is 0. The minimum atomic E-state index is -0.341. The normalized spacial score (nSPS) is 9.76. The molecule has 1 rings (SSSR count).